The third kappa shape index (κ3) is 3.58. The molecule has 0 amide bonds. The van der Waals surface area contributed by atoms with Crippen molar-refractivity contribution in [2.75, 3.05) is 17.9 Å². The van der Waals surface area contributed by atoms with Gasteiger partial charge in [0.25, 0.3) is 10.0 Å². The van der Waals surface area contributed by atoms with Gasteiger partial charge in [0.1, 0.15) is 18.5 Å². The Labute approximate surface area is 129 Å². The van der Waals surface area contributed by atoms with E-state index >= 15 is 0 Å². The largest absolute Gasteiger partial charge is 0.489 e. The Bertz CT molecular complexity index is 752. The molecule has 0 aromatic heterocycles. The van der Waals surface area contributed by atoms with E-state index in [1.54, 1.807) is 48.5 Å². The fourth-order valence-electron chi connectivity index (χ4n) is 1.94. The summed E-state index contributed by atoms with van der Waals surface area (Å²) in [6, 6.07) is 13.7. The summed E-state index contributed by atoms with van der Waals surface area (Å²) in [5.74, 6) is 0.494. The third-order valence-corrected chi connectivity index (χ3v) is 4.67. The lowest BCUT2D eigenvalue weighted by Crippen LogP contribution is -2.14. The van der Waals surface area contributed by atoms with E-state index in [0.29, 0.717) is 24.7 Å². The van der Waals surface area contributed by atoms with E-state index in [-0.39, 0.29) is 11.0 Å². The van der Waals surface area contributed by atoms with Crippen molar-refractivity contribution in [1.29, 1.82) is 0 Å². The Balaban J connectivity index is 1.80. The quantitative estimate of drug-likeness (QED) is 0.831. The van der Waals surface area contributed by atoms with Crippen LogP contribution in [0.25, 0.3) is 0 Å². The first-order valence-electron chi connectivity index (χ1n) is 6.97. The van der Waals surface area contributed by atoms with Gasteiger partial charge in [0.2, 0.25) is 0 Å². The van der Waals surface area contributed by atoms with E-state index in [0.717, 1.165) is 5.56 Å². The van der Waals surface area contributed by atoms with Gasteiger partial charge in [0.05, 0.1) is 17.2 Å². The van der Waals surface area contributed by atoms with Crippen molar-refractivity contribution < 1.29 is 17.9 Å². The lowest BCUT2D eigenvalue weighted by Gasteiger charge is -2.13. The Hall–Kier alpha value is -2.05. The van der Waals surface area contributed by atoms with Crippen LogP contribution in [0.4, 0.5) is 5.69 Å². The zero-order valence-electron chi connectivity index (χ0n) is 12.2. The molecule has 6 heteroatoms. The van der Waals surface area contributed by atoms with Gasteiger partial charge in [-0.3, -0.25) is 4.72 Å². The van der Waals surface area contributed by atoms with Crippen LogP contribution >= 0.6 is 0 Å². The summed E-state index contributed by atoms with van der Waals surface area (Å²) in [5, 5.41) is 0. The molecule has 2 aromatic carbocycles. The summed E-state index contributed by atoms with van der Waals surface area (Å²) >= 11 is 0. The summed E-state index contributed by atoms with van der Waals surface area (Å²) in [5.41, 5.74) is 1.43. The monoisotopic (exact) mass is 319 g/mol. The van der Waals surface area contributed by atoms with Crippen LogP contribution < -0.4 is 9.46 Å². The Kier molecular flexibility index (Phi) is 4.04. The summed E-state index contributed by atoms with van der Waals surface area (Å²) in [4.78, 5) is 0.221. The normalized spacial score (nSPS) is 17.0. The summed E-state index contributed by atoms with van der Waals surface area (Å²) in [7, 11) is -3.64. The minimum atomic E-state index is -3.64. The first-order valence-corrected chi connectivity index (χ1v) is 8.46. The second kappa shape index (κ2) is 5.98. The van der Waals surface area contributed by atoms with Crippen molar-refractivity contribution in [2.24, 2.45) is 0 Å². The van der Waals surface area contributed by atoms with E-state index in [2.05, 4.69) is 4.72 Å². The smallest absolute Gasteiger partial charge is 0.262 e. The van der Waals surface area contributed by atoms with Crippen molar-refractivity contribution in [3.8, 4) is 5.75 Å². The topological polar surface area (TPSA) is 67.9 Å². The van der Waals surface area contributed by atoms with Crippen LogP contribution in [0, 0.1) is 6.92 Å². The molecule has 0 aliphatic carbocycles. The number of rotatable bonds is 6. The number of hydrogen-bond donors (Lipinski definition) is 1. The molecule has 0 radical (unpaired) electrons. The number of benzene rings is 2. The van der Waals surface area contributed by atoms with Crippen LogP contribution in [-0.4, -0.2) is 27.7 Å². The third-order valence-electron chi connectivity index (χ3n) is 3.29. The molecule has 1 heterocycles. The van der Waals surface area contributed by atoms with Crippen LogP contribution in [0.2, 0.25) is 0 Å². The van der Waals surface area contributed by atoms with Crippen LogP contribution in [-0.2, 0) is 14.8 Å². The van der Waals surface area contributed by atoms with Crippen molar-refractivity contribution in [3.63, 3.8) is 0 Å². The first-order chi connectivity index (χ1) is 10.5. The molecule has 3 rings (SSSR count). The molecule has 1 N–H and O–H groups in total. The van der Waals surface area contributed by atoms with E-state index in [1.807, 2.05) is 6.92 Å². The predicted octanol–water partition coefficient (Wildman–Crippen LogP) is 2.57. The van der Waals surface area contributed by atoms with Gasteiger partial charge in [-0.25, -0.2) is 8.42 Å². The highest BCUT2D eigenvalue weighted by atomic mass is 32.2. The summed E-state index contributed by atoms with van der Waals surface area (Å²) in [6.45, 7) is 3.02. The number of aryl methyl sites for hydroxylation is 1. The average Bonchev–Trinajstić information content (AvgIpc) is 3.31. The molecule has 1 aliphatic heterocycles. The molecule has 116 valence electrons. The Morgan fingerprint density at radius 1 is 1.18 bits per heavy atom. The van der Waals surface area contributed by atoms with Crippen LogP contribution in [0.1, 0.15) is 5.56 Å². The van der Waals surface area contributed by atoms with Gasteiger partial charge in [-0.2, -0.15) is 0 Å². The fraction of sp³-hybridized carbons (Fsp3) is 0.250. The molecule has 1 atom stereocenters. The van der Waals surface area contributed by atoms with Crippen LogP contribution in [0.5, 0.6) is 5.75 Å². The van der Waals surface area contributed by atoms with E-state index in [4.69, 9.17) is 9.47 Å². The maximum absolute atomic E-state index is 12.4. The molecule has 0 spiro atoms. The van der Waals surface area contributed by atoms with Gasteiger partial charge < -0.3 is 9.47 Å². The second-order valence-electron chi connectivity index (χ2n) is 5.18. The molecular formula is C16H17NO4S. The molecule has 2 aromatic rings. The van der Waals surface area contributed by atoms with Crippen LogP contribution in [0.3, 0.4) is 0 Å². The zero-order chi connectivity index (χ0) is 15.6. The van der Waals surface area contributed by atoms with Gasteiger partial charge in [0.15, 0.2) is 0 Å². The van der Waals surface area contributed by atoms with Crippen molar-refractivity contribution in [3.05, 3.63) is 54.1 Å². The predicted molar refractivity (Wildman–Crippen MR) is 83.7 cm³/mol. The second-order valence-corrected chi connectivity index (χ2v) is 6.86. The maximum Gasteiger partial charge on any atom is 0.262 e. The molecule has 1 fully saturated rings. The highest BCUT2D eigenvalue weighted by Crippen LogP contribution is 2.27. The fourth-order valence-corrected chi connectivity index (χ4v) is 3.02. The maximum atomic E-state index is 12.4. The standard InChI is InChI=1S/C16H17NO4S/c1-12-6-8-14(9-7-12)22(18,19)17-15-4-2-3-5-16(15)21-11-13-10-20-13/h2-9,13,17H,10-11H2,1H3. The molecule has 0 bridgehead atoms. The lowest BCUT2D eigenvalue weighted by atomic mass is 10.2. The van der Waals surface area contributed by atoms with E-state index < -0.39 is 10.0 Å². The molecule has 1 aliphatic rings. The van der Waals surface area contributed by atoms with Gasteiger partial charge in [-0.1, -0.05) is 29.8 Å². The highest BCUT2D eigenvalue weighted by molar-refractivity contribution is 7.92. The van der Waals surface area contributed by atoms with Gasteiger partial charge in [-0.05, 0) is 31.2 Å². The number of ether oxygens (including phenoxy) is 2. The van der Waals surface area contributed by atoms with Crippen LogP contribution in [0.15, 0.2) is 53.4 Å². The lowest BCUT2D eigenvalue weighted by molar-refractivity contribution is 0.264. The number of hydrogen-bond acceptors (Lipinski definition) is 4. The number of anilines is 1. The molecule has 1 unspecified atom stereocenters. The Morgan fingerprint density at radius 3 is 2.55 bits per heavy atom. The average molecular weight is 319 g/mol. The Morgan fingerprint density at radius 2 is 1.86 bits per heavy atom. The molecule has 1 saturated heterocycles. The SMILES string of the molecule is Cc1ccc(S(=O)(=O)Nc2ccccc2OCC2CO2)cc1. The van der Waals surface area contributed by atoms with Crippen molar-refractivity contribution in [1.82, 2.24) is 0 Å². The molecule has 5 nitrogen and oxygen atoms in total. The van der Waals surface area contributed by atoms with Crippen molar-refractivity contribution in [2.45, 2.75) is 17.9 Å². The van der Waals surface area contributed by atoms with E-state index in [9.17, 15) is 8.42 Å². The minimum Gasteiger partial charge on any atom is -0.489 e. The van der Waals surface area contributed by atoms with Gasteiger partial charge in [-0.15, -0.1) is 0 Å². The minimum absolute atomic E-state index is 0.113. The van der Waals surface area contributed by atoms with Crippen molar-refractivity contribution >= 4 is 15.7 Å². The highest BCUT2D eigenvalue weighted by Gasteiger charge is 2.24. The number of para-hydroxylation sites is 2. The zero-order valence-corrected chi connectivity index (χ0v) is 13.0. The summed E-state index contributed by atoms with van der Waals surface area (Å²) < 4.78 is 38.1. The molecule has 22 heavy (non-hydrogen) atoms. The van der Waals surface area contributed by atoms with Gasteiger partial charge in [0, 0.05) is 0 Å². The summed E-state index contributed by atoms with van der Waals surface area (Å²) in [6.07, 6.45) is 0.113. The number of nitrogens with one attached hydrogen (secondary N) is 1. The van der Waals surface area contributed by atoms with Gasteiger partial charge >= 0.3 is 0 Å². The number of epoxide rings is 1. The first kappa shape index (κ1) is 14.9. The molecular weight excluding hydrogens is 302 g/mol. The molecule has 0 saturated carbocycles. The van der Waals surface area contributed by atoms with E-state index in [1.165, 1.54) is 0 Å². The number of sulfonamides is 1.